The topological polar surface area (TPSA) is 186 Å². The number of unbranched alkanes of at least 4 members (excludes halogenated alkanes) is 14. The quantitative estimate of drug-likeness (QED) is 0.0416. The van der Waals surface area contributed by atoms with Gasteiger partial charge in [0.15, 0.2) is 0 Å². The van der Waals surface area contributed by atoms with Crippen LogP contribution < -0.4 is 10.6 Å². The second-order valence-electron chi connectivity index (χ2n) is 15.8. The Morgan fingerprint density at radius 3 is 1.51 bits per heavy atom. The van der Waals surface area contributed by atoms with Crippen molar-refractivity contribution in [2.24, 2.45) is 0 Å². The number of imide groups is 2. The number of esters is 1. The summed E-state index contributed by atoms with van der Waals surface area (Å²) in [5.74, 6) is -2.31. The van der Waals surface area contributed by atoms with Crippen molar-refractivity contribution in [3.63, 3.8) is 0 Å². The van der Waals surface area contributed by atoms with Crippen molar-refractivity contribution in [1.82, 2.24) is 10.2 Å². The summed E-state index contributed by atoms with van der Waals surface area (Å²) in [7, 11) is 0. The highest BCUT2D eigenvalue weighted by molar-refractivity contribution is 6.25. The third kappa shape index (κ3) is 23.8. The Balaban J connectivity index is 0.978. The lowest BCUT2D eigenvalue weighted by atomic mass is 10.0. The molecule has 0 saturated carbocycles. The Morgan fingerprint density at radius 1 is 0.587 bits per heavy atom. The van der Waals surface area contributed by atoms with Gasteiger partial charge in [0.05, 0.1) is 104 Å². The maximum absolute atomic E-state index is 13.2. The minimum absolute atomic E-state index is 0.0651. The molecular formula is C47H77N3O13. The molecule has 0 bridgehead atoms. The normalized spacial score (nSPS) is 15.0. The van der Waals surface area contributed by atoms with Crippen molar-refractivity contribution in [1.29, 1.82) is 0 Å². The Kier molecular flexibility index (Phi) is 30.6. The van der Waals surface area contributed by atoms with Gasteiger partial charge in [-0.2, -0.15) is 0 Å². The molecule has 2 aliphatic rings. The zero-order chi connectivity index (χ0) is 45.0. The summed E-state index contributed by atoms with van der Waals surface area (Å²) in [5, 5.41) is 5.34. The first kappa shape index (κ1) is 53.8. The van der Waals surface area contributed by atoms with E-state index in [0.717, 1.165) is 17.7 Å². The number of carbonyl (C=O) groups excluding carboxylic acids is 5. The third-order valence-electron chi connectivity index (χ3n) is 10.7. The van der Waals surface area contributed by atoms with E-state index in [1.54, 1.807) is 18.2 Å². The van der Waals surface area contributed by atoms with Crippen LogP contribution in [0.15, 0.2) is 18.2 Å². The van der Waals surface area contributed by atoms with E-state index in [1.165, 1.54) is 83.5 Å². The van der Waals surface area contributed by atoms with Crippen LogP contribution in [0, 0.1) is 0 Å². The van der Waals surface area contributed by atoms with Gasteiger partial charge in [0.1, 0.15) is 12.6 Å². The van der Waals surface area contributed by atoms with E-state index in [0.29, 0.717) is 111 Å². The molecule has 1 unspecified atom stereocenters. The number of amides is 4. The van der Waals surface area contributed by atoms with Crippen LogP contribution in [0.2, 0.25) is 0 Å². The fourth-order valence-corrected chi connectivity index (χ4v) is 7.27. The summed E-state index contributed by atoms with van der Waals surface area (Å²) in [6.07, 6.45) is 20.2. The molecule has 358 valence electrons. The molecule has 63 heavy (non-hydrogen) atoms. The van der Waals surface area contributed by atoms with E-state index in [4.69, 9.17) is 37.9 Å². The van der Waals surface area contributed by atoms with Crippen LogP contribution in [-0.4, -0.2) is 146 Å². The van der Waals surface area contributed by atoms with E-state index in [2.05, 4.69) is 17.6 Å². The molecule has 1 saturated heterocycles. The van der Waals surface area contributed by atoms with E-state index < -0.39 is 29.7 Å². The fraction of sp³-hybridized carbons (Fsp3) is 0.766. The number of anilines is 1. The summed E-state index contributed by atoms with van der Waals surface area (Å²) >= 11 is 0. The first-order chi connectivity index (χ1) is 30.9. The smallest absolute Gasteiger partial charge is 0.305 e. The number of fused-ring (bicyclic) bond motifs is 1. The molecule has 3 rings (SSSR count). The van der Waals surface area contributed by atoms with Gasteiger partial charge in [-0.1, -0.05) is 103 Å². The summed E-state index contributed by atoms with van der Waals surface area (Å²) in [4.78, 5) is 62.9. The van der Waals surface area contributed by atoms with Gasteiger partial charge in [0.2, 0.25) is 11.8 Å². The predicted octanol–water partition coefficient (Wildman–Crippen LogP) is 6.42. The second kappa shape index (κ2) is 35.8. The summed E-state index contributed by atoms with van der Waals surface area (Å²) < 4.78 is 43.9. The number of hydrogen-bond acceptors (Lipinski definition) is 14. The molecule has 1 aromatic carbocycles. The molecule has 0 radical (unpaired) electrons. The number of benzene rings is 1. The van der Waals surface area contributed by atoms with Crippen molar-refractivity contribution in [2.75, 3.05) is 111 Å². The largest absolute Gasteiger partial charge is 0.463 e. The van der Waals surface area contributed by atoms with Crippen molar-refractivity contribution in [2.45, 2.75) is 129 Å². The molecule has 2 aliphatic heterocycles. The number of ether oxygens (including phenoxy) is 8. The van der Waals surface area contributed by atoms with Crippen LogP contribution in [0.25, 0.3) is 0 Å². The van der Waals surface area contributed by atoms with Crippen LogP contribution in [0.3, 0.4) is 0 Å². The third-order valence-corrected chi connectivity index (χ3v) is 10.7. The van der Waals surface area contributed by atoms with E-state index in [1.807, 2.05) is 0 Å². The van der Waals surface area contributed by atoms with Gasteiger partial charge in [0.25, 0.3) is 11.8 Å². The number of carbonyl (C=O) groups is 5. The maximum atomic E-state index is 13.2. The van der Waals surface area contributed by atoms with Gasteiger partial charge in [-0.15, -0.1) is 0 Å². The highest BCUT2D eigenvalue weighted by atomic mass is 16.6. The average molecular weight is 892 g/mol. The molecule has 1 aromatic rings. The minimum Gasteiger partial charge on any atom is -0.463 e. The number of nitrogens with one attached hydrogen (secondary N) is 2. The van der Waals surface area contributed by atoms with Crippen molar-refractivity contribution >= 4 is 35.3 Å². The lowest BCUT2D eigenvalue weighted by Gasteiger charge is -2.27. The Morgan fingerprint density at radius 2 is 1.03 bits per heavy atom. The van der Waals surface area contributed by atoms with Gasteiger partial charge >= 0.3 is 5.97 Å². The molecule has 0 aromatic heterocycles. The van der Waals surface area contributed by atoms with Gasteiger partial charge in [-0.3, -0.25) is 34.2 Å². The Hall–Kier alpha value is -3.51. The SMILES string of the molecule is CCCCCCCCCCCCCCCCCC(=O)OCCOCCOCCOCCOCCOCCOCCOCCNc1cccc2c1C(=O)N(C1CCC(=O)NC1=O)C2=O. The van der Waals surface area contributed by atoms with E-state index in [-0.39, 0.29) is 36.5 Å². The molecule has 16 nitrogen and oxygen atoms in total. The molecule has 1 fully saturated rings. The van der Waals surface area contributed by atoms with E-state index in [9.17, 15) is 24.0 Å². The molecular weight excluding hydrogens is 815 g/mol. The number of hydrogen-bond donors (Lipinski definition) is 2. The first-order valence-electron chi connectivity index (χ1n) is 23.7. The van der Waals surface area contributed by atoms with Crippen molar-refractivity contribution < 1.29 is 61.9 Å². The highest BCUT2D eigenvalue weighted by Gasteiger charge is 2.45. The molecule has 0 aliphatic carbocycles. The number of nitrogens with zero attached hydrogens (tertiary/aromatic N) is 1. The van der Waals surface area contributed by atoms with Gasteiger partial charge in [-0.25, -0.2) is 0 Å². The van der Waals surface area contributed by atoms with Crippen molar-refractivity contribution in [3.05, 3.63) is 29.3 Å². The molecule has 2 N–H and O–H groups in total. The number of rotatable bonds is 42. The fourth-order valence-electron chi connectivity index (χ4n) is 7.27. The lowest BCUT2D eigenvalue weighted by molar-refractivity contribution is -0.145. The average Bonchev–Trinajstić information content (AvgIpc) is 3.53. The van der Waals surface area contributed by atoms with Crippen LogP contribution in [0.4, 0.5) is 5.69 Å². The molecule has 16 heteroatoms. The second-order valence-corrected chi connectivity index (χ2v) is 15.8. The minimum atomic E-state index is -1.01. The van der Waals surface area contributed by atoms with Crippen LogP contribution in [0.1, 0.15) is 143 Å². The summed E-state index contributed by atoms with van der Waals surface area (Å²) in [6.45, 7) is 8.81. The van der Waals surface area contributed by atoms with Crippen molar-refractivity contribution in [3.8, 4) is 0 Å². The zero-order valence-corrected chi connectivity index (χ0v) is 38.1. The van der Waals surface area contributed by atoms with Gasteiger partial charge < -0.3 is 43.2 Å². The first-order valence-corrected chi connectivity index (χ1v) is 23.7. The molecule has 4 amide bonds. The lowest BCUT2D eigenvalue weighted by Crippen LogP contribution is -2.54. The molecule has 2 heterocycles. The molecule has 0 spiro atoms. The summed E-state index contributed by atoms with van der Waals surface area (Å²) in [6, 6.07) is 3.91. The molecule has 1 atom stereocenters. The van der Waals surface area contributed by atoms with Crippen LogP contribution in [-0.2, 0) is 52.3 Å². The maximum Gasteiger partial charge on any atom is 0.305 e. The van der Waals surface area contributed by atoms with E-state index >= 15 is 0 Å². The number of piperidine rings is 1. The predicted molar refractivity (Wildman–Crippen MR) is 238 cm³/mol. The van der Waals surface area contributed by atoms with Gasteiger partial charge in [0, 0.05) is 25.1 Å². The van der Waals surface area contributed by atoms with Crippen LogP contribution >= 0.6 is 0 Å². The Bertz CT molecular complexity index is 1430. The van der Waals surface area contributed by atoms with Crippen LogP contribution in [0.5, 0.6) is 0 Å². The Labute approximate surface area is 375 Å². The highest BCUT2D eigenvalue weighted by Crippen LogP contribution is 2.32. The van der Waals surface area contributed by atoms with Gasteiger partial charge in [-0.05, 0) is 25.0 Å². The monoisotopic (exact) mass is 892 g/mol. The summed E-state index contributed by atoms with van der Waals surface area (Å²) in [5.41, 5.74) is 0.907. The zero-order valence-electron chi connectivity index (χ0n) is 38.1. The standard InChI is InChI=1S/C47H77N3O13/c1-2-3-4-5-6-7-8-9-10-11-12-13-14-15-16-20-43(52)63-38-37-62-36-35-61-34-33-60-32-31-59-30-29-58-28-27-57-26-25-56-24-23-48-40-19-17-18-39-44(40)47(55)50(46(39)54)41-21-22-42(51)49-45(41)53/h17-19,41,48H,2-16,20-38H2,1H3,(H,49,51,53).